The first-order valence-electron chi connectivity index (χ1n) is 5.35. The Morgan fingerprint density at radius 1 is 1.53 bits per heavy atom. The molecule has 1 atom stereocenters. The van der Waals surface area contributed by atoms with Crippen LogP contribution >= 0.6 is 11.6 Å². The van der Waals surface area contributed by atoms with Gasteiger partial charge in [0, 0.05) is 12.8 Å². The first-order valence-corrected chi connectivity index (χ1v) is 5.88. The highest BCUT2D eigenvalue weighted by Crippen LogP contribution is 2.20. The zero-order chi connectivity index (χ0) is 11.3. The fraction of sp³-hybridized carbons (Fsp3) is 0.727. The monoisotopic (exact) mass is 230 g/mol. The second-order valence-corrected chi connectivity index (χ2v) is 4.16. The van der Waals surface area contributed by atoms with Gasteiger partial charge in [0.1, 0.15) is 0 Å². The van der Waals surface area contributed by atoms with E-state index in [0.29, 0.717) is 24.4 Å². The van der Waals surface area contributed by atoms with Crippen molar-refractivity contribution in [2.45, 2.75) is 32.7 Å². The number of hydrogen-bond donors (Lipinski definition) is 0. The summed E-state index contributed by atoms with van der Waals surface area (Å²) in [6, 6.07) is 0.321. The Morgan fingerprint density at radius 3 is 2.80 bits per heavy atom. The summed E-state index contributed by atoms with van der Waals surface area (Å²) in [5.74, 6) is 1.00. The van der Waals surface area contributed by atoms with Gasteiger partial charge in [-0.25, -0.2) is 4.98 Å². The molecule has 0 spiro atoms. The quantitative estimate of drug-likeness (QED) is 0.703. The van der Waals surface area contributed by atoms with E-state index >= 15 is 0 Å². The summed E-state index contributed by atoms with van der Waals surface area (Å²) in [5.41, 5.74) is 1.05. The first kappa shape index (κ1) is 12.5. The zero-order valence-corrected chi connectivity index (χ0v) is 10.4. The van der Waals surface area contributed by atoms with Crippen molar-refractivity contribution in [2.24, 2.45) is 5.92 Å². The fourth-order valence-corrected chi connectivity index (χ4v) is 1.77. The van der Waals surface area contributed by atoms with E-state index in [1.807, 2.05) is 19.4 Å². The van der Waals surface area contributed by atoms with Crippen molar-refractivity contribution in [2.75, 3.05) is 13.2 Å². The molecule has 0 aromatic carbocycles. The minimum Gasteiger partial charge on any atom is -0.380 e. The molecule has 1 aromatic heterocycles. The fourth-order valence-electron chi connectivity index (χ4n) is 1.57. The molecule has 0 fully saturated rings. The minimum atomic E-state index is 0.321. The lowest BCUT2D eigenvalue weighted by Crippen LogP contribution is -2.21. The average molecular weight is 231 g/mol. The molecule has 0 saturated heterocycles. The van der Waals surface area contributed by atoms with Crippen LogP contribution < -0.4 is 0 Å². The molecule has 0 aliphatic heterocycles. The molecule has 1 rings (SSSR count). The highest BCUT2D eigenvalue weighted by atomic mass is 35.5. The Labute approximate surface area is 96.4 Å². The molecule has 0 bridgehead atoms. The van der Waals surface area contributed by atoms with Crippen LogP contribution in [0.3, 0.4) is 0 Å². The van der Waals surface area contributed by atoms with E-state index in [2.05, 4.69) is 23.4 Å². The van der Waals surface area contributed by atoms with Gasteiger partial charge in [-0.15, -0.1) is 11.6 Å². The van der Waals surface area contributed by atoms with Crippen molar-refractivity contribution in [3.8, 4) is 0 Å². The van der Waals surface area contributed by atoms with Gasteiger partial charge in [0.25, 0.3) is 0 Å². The van der Waals surface area contributed by atoms with Crippen molar-refractivity contribution < 1.29 is 4.74 Å². The van der Waals surface area contributed by atoms with Crippen molar-refractivity contribution in [3.05, 3.63) is 18.2 Å². The molecule has 1 heterocycles. The van der Waals surface area contributed by atoms with E-state index in [1.165, 1.54) is 0 Å². The summed E-state index contributed by atoms with van der Waals surface area (Å²) < 4.78 is 7.61. The number of imidazole rings is 1. The molecule has 3 nitrogen and oxygen atoms in total. The Balaban J connectivity index is 2.78. The van der Waals surface area contributed by atoms with Gasteiger partial charge in [0.15, 0.2) is 0 Å². The lowest BCUT2D eigenvalue weighted by atomic mass is 10.1. The average Bonchev–Trinajstić information content (AvgIpc) is 2.66. The topological polar surface area (TPSA) is 27.1 Å². The van der Waals surface area contributed by atoms with Gasteiger partial charge >= 0.3 is 0 Å². The standard InChI is InChI=1S/C11H19ClN2O/c1-4-15-7-11(9(2)3)14-8-13-6-10(14)5-12/h6,8-9,11H,4-5,7H2,1-3H3. The van der Waals surface area contributed by atoms with Crippen molar-refractivity contribution in [1.29, 1.82) is 0 Å². The maximum Gasteiger partial charge on any atom is 0.0952 e. The summed E-state index contributed by atoms with van der Waals surface area (Å²) in [6.07, 6.45) is 3.65. The minimum absolute atomic E-state index is 0.321. The lowest BCUT2D eigenvalue weighted by Gasteiger charge is -2.23. The molecule has 0 N–H and O–H groups in total. The van der Waals surface area contributed by atoms with Crippen LogP contribution in [0, 0.1) is 5.92 Å². The van der Waals surface area contributed by atoms with Crippen LogP contribution in [-0.2, 0) is 10.6 Å². The van der Waals surface area contributed by atoms with Gasteiger partial charge in [-0.2, -0.15) is 0 Å². The first-order chi connectivity index (χ1) is 7.20. The summed E-state index contributed by atoms with van der Waals surface area (Å²) >= 11 is 5.85. The van der Waals surface area contributed by atoms with Crippen molar-refractivity contribution in [1.82, 2.24) is 9.55 Å². The van der Waals surface area contributed by atoms with Crippen LogP contribution in [0.2, 0.25) is 0 Å². The number of alkyl halides is 1. The van der Waals surface area contributed by atoms with E-state index in [9.17, 15) is 0 Å². The van der Waals surface area contributed by atoms with E-state index in [0.717, 1.165) is 12.3 Å². The third-order valence-electron chi connectivity index (χ3n) is 2.50. The molecule has 4 heteroatoms. The number of halogens is 1. The van der Waals surface area contributed by atoms with Gasteiger partial charge in [-0.3, -0.25) is 0 Å². The molecule has 0 aliphatic carbocycles. The summed E-state index contributed by atoms with van der Waals surface area (Å²) in [5, 5.41) is 0. The van der Waals surface area contributed by atoms with Crippen LogP contribution in [0.1, 0.15) is 32.5 Å². The van der Waals surface area contributed by atoms with Crippen LogP contribution in [0.5, 0.6) is 0 Å². The van der Waals surface area contributed by atoms with Crippen LogP contribution in [0.25, 0.3) is 0 Å². The lowest BCUT2D eigenvalue weighted by molar-refractivity contribution is 0.0956. The smallest absolute Gasteiger partial charge is 0.0952 e. The summed E-state index contributed by atoms with van der Waals surface area (Å²) in [6.45, 7) is 7.83. The van der Waals surface area contributed by atoms with Gasteiger partial charge in [-0.1, -0.05) is 13.8 Å². The molecule has 1 unspecified atom stereocenters. The maximum absolute atomic E-state index is 5.85. The van der Waals surface area contributed by atoms with E-state index < -0.39 is 0 Å². The predicted octanol–water partition coefficient (Wildman–Crippen LogP) is 2.86. The van der Waals surface area contributed by atoms with Crippen LogP contribution in [0.15, 0.2) is 12.5 Å². The highest BCUT2D eigenvalue weighted by Gasteiger charge is 2.17. The van der Waals surface area contributed by atoms with E-state index in [1.54, 1.807) is 0 Å². The van der Waals surface area contributed by atoms with Gasteiger partial charge in [0.2, 0.25) is 0 Å². The SMILES string of the molecule is CCOCC(C(C)C)n1cncc1CCl. The van der Waals surface area contributed by atoms with E-state index in [-0.39, 0.29) is 0 Å². The third kappa shape index (κ3) is 3.21. The molecule has 0 saturated carbocycles. The third-order valence-corrected chi connectivity index (χ3v) is 2.78. The summed E-state index contributed by atoms with van der Waals surface area (Å²) in [7, 11) is 0. The van der Waals surface area contributed by atoms with Crippen LogP contribution in [0.4, 0.5) is 0 Å². The molecule has 1 aromatic rings. The Bertz CT molecular complexity index is 286. The van der Waals surface area contributed by atoms with Crippen molar-refractivity contribution in [3.63, 3.8) is 0 Å². The number of rotatable bonds is 6. The zero-order valence-electron chi connectivity index (χ0n) is 9.61. The Kier molecular flexibility index (Phi) is 5.12. The number of ether oxygens (including phenoxy) is 1. The van der Waals surface area contributed by atoms with Crippen LogP contribution in [-0.4, -0.2) is 22.8 Å². The maximum atomic E-state index is 5.85. The molecular weight excluding hydrogens is 212 g/mol. The van der Waals surface area contributed by atoms with Gasteiger partial charge < -0.3 is 9.30 Å². The number of nitrogens with zero attached hydrogens (tertiary/aromatic N) is 2. The number of hydrogen-bond acceptors (Lipinski definition) is 2. The largest absolute Gasteiger partial charge is 0.380 e. The normalized spacial score (nSPS) is 13.4. The van der Waals surface area contributed by atoms with E-state index in [4.69, 9.17) is 16.3 Å². The second kappa shape index (κ2) is 6.13. The predicted molar refractivity (Wildman–Crippen MR) is 62.2 cm³/mol. The van der Waals surface area contributed by atoms with Gasteiger partial charge in [-0.05, 0) is 12.8 Å². The molecule has 15 heavy (non-hydrogen) atoms. The Hall–Kier alpha value is -0.540. The number of aromatic nitrogens is 2. The van der Waals surface area contributed by atoms with Crippen molar-refractivity contribution >= 4 is 11.6 Å². The molecule has 86 valence electrons. The second-order valence-electron chi connectivity index (χ2n) is 3.90. The Morgan fingerprint density at radius 2 is 2.27 bits per heavy atom. The molecule has 0 aliphatic rings. The molecule has 0 radical (unpaired) electrons. The summed E-state index contributed by atoms with van der Waals surface area (Å²) in [4.78, 5) is 4.13. The van der Waals surface area contributed by atoms with Gasteiger partial charge in [0.05, 0.1) is 30.5 Å². The molecular formula is C11H19ClN2O. The highest BCUT2D eigenvalue weighted by molar-refractivity contribution is 6.16. The molecule has 0 amide bonds.